The number of nitro benzene ring substituents is 1. The predicted octanol–water partition coefficient (Wildman–Crippen LogP) is 4.04. The van der Waals surface area contributed by atoms with Gasteiger partial charge in [0.2, 0.25) is 5.91 Å². The number of benzene rings is 2. The fourth-order valence-corrected chi connectivity index (χ4v) is 5.97. The molecular formula is C32H38N6O6. The Balaban J connectivity index is 1.38. The summed E-state index contributed by atoms with van der Waals surface area (Å²) in [6.45, 7) is 2.98. The van der Waals surface area contributed by atoms with Crippen molar-refractivity contribution in [2.45, 2.75) is 70.6 Å². The van der Waals surface area contributed by atoms with Gasteiger partial charge >= 0.3 is 0 Å². The minimum atomic E-state index is -2.02. The van der Waals surface area contributed by atoms with Gasteiger partial charge in [0.1, 0.15) is 0 Å². The van der Waals surface area contributed by atoms with Gasteiger partial charge in [-0.25, -0.2) is 0 Å². The lowest BCUT2D eigenvalue weighted by atomic mass is 9.82. The molecule has 1 fully saturated rings. The SMILES string of the molecule is C[C@@H](/C=C/CCn1cc(CCO)nn1)[C@]1(O)C(=O)N(Cc2cccc(N3CCCCCCC3=O)c2)c2ccc([N+](=O)[O-])cc21. The highest BCUT2D eigenvalue weighted by Gasteiger charge is 2.53. The van der Waals surface area contributed by atoms with Crippen LogP contribution in [0.3, 0.4) is 0 Å². The highest BCUT2D eigenvalue weighted by atomic mass is 16.6. The standard InChI is InChI=1S/C32H38N6O6/c1-23(9-5-7-16-35-22-25(15-18-39)33-34-35)32(42)28-20-27(38(43)44)13-14-29(28)37(31(32)41)21-24-10-8-11-26(19-24)36-17-6-3-2-4-12-30(36)40/h5,8-11,13-14,19-20,22-23,39,42H,2-4,6-7,12,15-18,21H2,1H3/b9-5+/t23-,32+/m0/s1. The quantitative estimate of drug-likeness (QED) is 0.189. The first kappa shape index (κ1) is 31.0. The van der Waals surface area contributed by atoms with E-state index in [9.17, 15) is 24.8 Å². The van der Waals surface area contributed by atoms with Crippen LogP contribution in [0.1, 0.15) is 62.3 Å². The van der Waals surface area contributed by atoms with Gasteiger partial charge in [-0.1, -0.05) is 49.3 Å². The second-order valence-electron chi connectivity index (χ2n) is 11.4. The molecule has 1 aromatic heterocycles. The number of carbonyl (C=O) groups is 2. The van der Waals surface area contributed by atoms with Gasteiger partial charge in [-0.3, -0.25) is 24.4 Å². The predicted molar refractivity (Wildman–Crippen MR) is 164 cm³/mol. The first-order valence-corrected chi connectivity index (χ1v) is 15.1. The van der Waals surface area contributed by atoms with Gasteiger partial charge in [0, 0.05) is 68.0 Å². The number of carbonyl (C=O) groups excluding carboxylic acids is 2. The first-order chi connectivity index (χ1) is 21.2. The molecule has 0 aliphatic carbocycles. The van der Waals surface area contributed by atoms with Crippen LogP contribution in [0.25, 0.3) is 0 Å². The lowest BCUT2D eigenvalue weighted by molar-refractivity contribution is -0.385. The number of anilines is 2. The van der Waals surface area contributed by atoms with E-state index >= 15 is 0 Å². The second-order valence-corrected chi connectivity index (χ2v) is 11.4. The van der Waals surface area contributed by atoms with Crippen LogP contribution in [-0.2, 0) is 34.7 Å². The van der Waals surface area contributed by atoms with Crippen LogP contribution in [0.2, 0.25) is 0 Å². The van der Waals surface area contributed by atoms with Gasteiger partial charge in [0.05, 0.1) is 22.8 Å². The number of amides is 2. The molecule has 2 amide bonds. The number of aliphatic hydroxyl groups excluding tert-OH is 1. The maximum absolute atomic E-state index is 14.0. The minimum Gasteiger partial charge on any atom is -0.396 e. The molecule has 3 heterocycles. The van der Waals surface area contributed by atoms with E-state index in [1.54, 1.807) is 23.9 Å². The lowest BCUT2D eigenvalue weighted by Crippen LogP contribution is -2.44. The van der Waals surface area contributed by atoms with E-state index in [-0.39, 0.29) is 30.3 Å². The van der Waals surface area contributed by atoms with Crippen molar-refractivity contribution in [2.24, 2.45) is 5.92 Å². The summed E-state index contributed by atoms with van der Waals surface area (Å²) in [5.41, 5.74) is 0.603. The zero-order valence-electron chi connectivity index (χ0n) is 24.8. The van der Waals surface area contributed by atoms with Gasteiger partial charge in [-0.05, 0) is 43.0 Å². The molecule has 12 heteroatoms. The average molecular weight is 603 g/mol. The molecular weight excluding hydrogens is 564 g/mol. The highest BCUT2D eigenvalue weighted by Crippen LogP contribution is 2.47. The summed E-state index contributed by atoms with van der Waals surface area (Å²) in [5.74, 6) is -1.18. The Kier molecular flexibility index (Phi) is 9.50. The summed E-state index contributed by atoms with van der Waals surface area (Å²) in [6, 6.07) is 11.6. The molecule has 2 aromatic carbocycles. The summed E-state index contributed by atoms with van der Waals surface area (Å²) in [6.07, 6.45) is 10.7. The molecule has 2 N–H and O–H groups in total. The molecule has 2 atom stereocenters. The van der Waals surface area contributed by atoms with Crippen LogP contribution in [0, 0.1) is 16.0 Å². The third-order valence-corrected chi connectivity index (χ3v) is 8.41. The molecule has 2 aliphatic heterocycles. The molecule has 0 bridgehead atoms. The van der Waals surface area contributed by atoms with Crippen molar-refractivity contribution in [3.05, 3.63) is 87.7 Å². The molecule has 0 saturated carbocycles. The maximum Gasteiger partial charge on any atom is 0.269 e. The number of aliphatic hydroxyl groups is 2. The first-order valence-electron chi connectivity index (χ1n) is 15.1. The Labute approximate surface area is 255 Å². The van der Waals surface area contributed by atoms with Crippen LogP contribution >= 0.6 is 0 Å². The molecule has 0 spiro atoms. The van der Waals surface area contributed by atoms with Crippen molar-refractivity contribution in [1.29, 1.82) is 0 Å². The molecule has 2 aliphatic rings. The topological polar surface area (TPSA) is 155 Å². The van der Waals surface area contributed by atoms with E-state index in [2.05, 4.69) is 10.3 Å². The van der Waals surface area contributed by atoms with E-state index < -0.39 is 22.3 Å². The number of rotatable bonds is 11. The number of hydrogen-bond donors (Lipinski definition) is 2. The third-order valence-electron chi connectivity index (χ3n) is 8.41. The Morgan fingerprint density at radius 1 is 1.14 bits per heavy atom. The van der Waals surface area contributed by atoms with Crippen LogP contribution < -0.4 is 9.80 Å². The largest absolute Gasteiger partial charge is 0.396 e. The van der Waals surface area contributed by atoms with Crippen molar-refractivity contribution in [2.75, 3.05) is 23.0 Å². The van der Waals surface area contributed by atoms with Gasteiger partial charge in [-0.2, -0.15) is 0 Å². The summed E-state index contributed by atoms with van der Waals surface area (Å²) in [7, 11) is 0. The Morgan fingerprint density at radius 3 is 2.75 bits per heavy atom. The summed E-state index contributed by atoms with van der Waals surface area (Å²) in [5, 5.41) is 40.7. The fourth-order valence-electron chi connectivity index (χ4n) is 5.97. The number of aryl methyl sites for hydroxylation is 1. The maximum atomic E-state index is 14.0. The number of hydrogen-bond acceptors (Lipinski definition) is 8. The Morgan fingerprint density at radius 2 is 1.95 bits per heavy atom. The Bertz CT molecular complexity index is 1550. The highest BCUT2D eigenvalue weighted by molar-refractivity contribution is 6.07. The molecule has 44 heavy (non-hydrogen) atoms. The Hall–Kier alpha value is -4.42. The third kappa shape index (κ3) is 6.41. The smallest absolute Gasteiger partial charge is 0.269 e. The molecule has 5 rings (SSSR count). The summed E-state index contributed by atoms with van der Waals surface area (Å²) < 4.78 is 1.66. The van der Waals surface area contributed by atoms with E-state index in [1.807, 2.05) is 35.2 Å². The van der Waals surface area contributed by atoms with Crippen LogP contribution in [0.15, 0.2) is 60.8 Å². The summed E-state index contributed by atoms with van der Waals surface area (Å²) in [4.78, 5) is 41.2. The number of non-ortho nitro benzene ring substituents is 1. The monoisotopic (exact) mass is 602 g/mol. The van der Waals surface area contributed by atoms with Crippen LogP contribution in [0.5, 0.6) is 0 Å². The molecule has 0 radical (unpaired) electrons. The molecule has 0 unspecified atom stereocenters. The zero-order chi connectivity index (χ0) is 31.3. The van der Waals surface area contributed by atoms with Crippen molar-refractivity contribution < 1.29 is 24.7 Å². The number of allylic oxidation sites excluding steroid dienone is 1. The van der Waals surface area contributed by atoms with Gasteiger partial charge < -0.3 is 20.0 Å². The van der Waals surface area contributed by atoms with E-state index in [0.717, 1.165) is 36.9 Å². The van der Waals surface area contributed by atoms with E-state index in [1.165, 1.54) is 23.1 Å². The molecule has 232 valence electrons. The molecule has 12 nitrogen and oxygen atoms in total. The fraction of sp³-hybridized carbons (Fsp3) is 0.438. The number of aromatic nitrogens is 3. The van der Waals surface area contributed by atoms with E-state index in [0.29, 0.717) is 43.7 Å². The van der Waals surface area contributed by atoms with Gasteiger partial charge in [0.25, 0.3) is 11.6 Å². The van der Waals surface area contributed by atoms with E-state index in [4.69, 9.17) is 5.11 Å². The molecule has 1 saturated heterocycles. The minimum absolute atomic E-state index is 0.0110. The zero-order valence-corrected chi connectivity index (χ0v) is 24.8. The number of nitrogens with zero attached hydrogens (tertiary/aromatic N) is 6. The average Bonchev–Trinajstić information content (AvgIpc) is 3.54. The van der Waals surface area contributed by atoms with Crippen molar-refractivity contribution in [3.8, 4) is 0 Å². The van der Waals surface area contributed by atoms with Crippen molar-refractivity contribution in [1.82, 2.24) is 15.0 Å². The normalized spacial score (nSPS) is 19.7. The lowest BCUT2D eigenvalue weighted by Gasteiger charge is -2.28. The summed E-state index contributed by atoms with van der Waals surface area (Å²) >= 11 is 0. The van der Waals surface area contributed by atoms with Crippen LogP contribution in [0.4, 0.5) is 17.1 Å². The van der Waals surface area contributed by atoms with Gasteiger partial charge in [0.15, 0.2) is 5.60 Å². The van der Waals surface area contributed by atoms with Crippen molar-refractivity contribution in [3.63, 3.8) is 0 Å². The number of nitro groups is 1. The second kappa shape index (κ2) is 13.5. The van der Waals surface area contributed by atoms with Crippen molar-refractivity contribution >= 4 is 28.9 Å². The number of fused-ring (bicyclic) bond motifs is 1. The van der Waals surface area contributed by atoms with Crippen LogP contribution in [-0.4, -0.2) is 55.1 Å². The van der Waals surface area contributed by atoms with Gasteiger partial charge in [-0.15, -0.1) is 5.10 Å². The molecule has 3 aromatic rings.